The van der Waals surface area contributed by atoms with Gasteiger partial charge in [-0.1, -0.05) is 38.8 Å². The third-order valence-corrected chi connectivity index (χ3v) is 6.15. The monoisotopic (exact) mass is 479 g/mol. The van der Waals surface area contributed by atoms with Gasteiger partial charge >= 0.3 is 0 Å². The molecule has 0 saturated carbocycles. The van der Waals surface area contributed by atoms with E-state index in [2.05, 4.69) is 34.0 Å². The molecule has 3 aromatic rings. The molecular formula is C28H41N5O2. The van der Waals surface area contributed by atoms with E-state index in [9.17, 15) is 0 Å². The maximum Gasteiger partial charge on any atom is 0.162 e. The Labute approximate surface area is 210 Å². The van der Waals surface area contributed by atoms with Crippen molar-refractivity contribution >= 4 is 22.4 Å². The average molecular weight is 480 g/mol. The summed E-state index contributed by atoms with van der Waals surface area (Å²) in [4.78, 5) is 11.5. The van der Waals surface area contributed by atoms with E-state index >= 15 is 0 Å². The lowest BCUT2D eigenvalue weighted by Gasteiger charge is -2.22. The van der Waals surface area contributed by atoms with Gasteiger partial charge in [-0.3, -0.25) is 0 Å². The number of benzene rings is 2. The Kier molecular flexibility index (Phi) is 10.6. The highest BCUT2D eigenvalue weighted by Gasteiger charge is 2.13. The van der Waals surface area contributed by atoms with Crippen LogP contribution in [0.3, 0.4) is 0 Å². The SMILES string of the molecule is CCCCN(CCCC)CCCOc1cc2c(Nc3ccc([C@H](C)N)cc3)ncnc2cc1OC. The summed E-state index contributed by atoms with van der Waals surface area (Å²) < 4.78 is 11.8. The molecule has 0 amide bonds. The minimum Gasteiger partial charge on any atom is -0.493 e. The molecule has 1 heterocycles. The summed E-state index contributed by atoms with van der Waals surface area (Å²) in [7, 11) is 1.66. The molecule has 0 fully saturated rings. The smallest absolute Gasteiger partial charge is 0.162 e. The first kappa shape index (κ1) is 26.7. The fourth-order valence-electron chi connectivity index (χ4n) is 4.01. The van der Waals surface area contributed by atoms with Crippen molar-refractivity contribution in [1.82, 2.24) is 14.9 Å². The van der Waals surface area contributed by atoms with Crippen LogP contribution in [0, 0.1) is 0 Å². The zero-order valence-electron chi connectivity index (χ0n) is 21.7. The highest BCUT2D eigenvalue weighted by Crippen LogP contribution is 2.35. The third-order valence-electron chi connectivity index (χ3n) is 6.15. The Morgan fingerprint density at radius 1 is 0.943 bits per heavy atom. The maximum absolute atomic E-state index is 6.19. The van der Waals surface area contributed by atoms with Crippen molar-refractivity contribution in [3.05, 3.63) is 48.3 Å². The van der Waals surface area contributed by atoms with Crippen LogP contribution in [0.4, 0.5) is 11.5 Å². The van der Waals surface area contributed by atoms with Gasteiger partial charge in [0.25, 0.3) is 0 Å². The van der Waals surface area contributed by atoms with Crippen molar-refractivity contribution in [2.24, 2.45) is 5.73 Å². The molecule has 0 unspecified atom stereocenters. The van der Waals surface area contributed by atoms with Gasteiger partial charge in [-0.15, -0.1) is 0 Å². The van der Waals surface area contributed by atoms with Gasteiger partial charge in [0.15, 0.2) is 11.5 Å². The summed E-state index contributed by atoms with van der Waals surface area (Å²) in [5, 5.41) is 4.29. The van der Waals surface area contributed by atoms with Gasteiger partial charge < -0.3 is 25.4 Å². The lowest BCUT2D eigenvalue weighted by Crippen LogP contribution is -2.28. The minimum atomic E-state index is 0.00136. The van der Waals surface area contributed by atoms with E-state index in [0.717, 1.165) is 54.0 Å². The number of unbranched alkanes of at least 4 members (excludes halogenated alkanes) is 2. The first-order valence-electron chi connectivity index (χ1n) is 12.9. The number of hydrogen-bond donors (Lipinski definition) is 2. The van der Waals surface area contributed by atoms with Gasteiger partial charge in [0, 0.05) is 29.7 Å². The lowest BCUT2D eigenvalue weighted by atomic mass is 10.1. The fraction of sp³-hybridized carbons (Fsp3) is 0.500. The predicted octanol–water partition coefficient (Wildman–Crippen LogP) is 6.07. The summed E-state index contributed by atoms with van der Waals surface area (Å²) in [5.41, 5.74) is 8.80. The Balaban J connectivity index is 1.71. The van der Waals surface area contributed by atoms with Crippen LogP contribution in [0.5, 0.6) is 11.5 Å². The summed E-state index contributed by atoms with van der Waals surface area (Å²) in [6, 6.07) is 12.0. The van der Waals surface area contributed by atoms with Crippen molar-refractivity contribution in [3.8, 4) is 11.5 Å². The summed E-state index contributed by atoms with van der Waals surface area (Å²) in [6.07, 6.45) is 7.46. The molecule has 3 N–H and O–H groups in total. The molecule has 7 heteroatoms. The molecule has 35 heavy (non-hydrogen) atoms. The molecule has 0 saturated heterocycles. The molecule has 0 radical (unpaired) electrons. The number of anilines is 2. The van der Waals surface area contributed by atoms with Gasteiger partial charge in [0.2, 0.25) is 0 Å². The van der Waals surface area contributed by atoms with Crippen LogP contribution in [-0.4, -0.2) is 48.2 Å². The molecule has 7 nitrogen and oxygen atoms in total. The van der Waals surface area contributed by atoms with E-state index in [1.165, 1.54) is 25.7 Å². The number of rotatable bonds is 15. The van der Waals surface area contributed by atoms with Gasteiger partial charge in [0.05, 0.1) is 19.2 Å². The van der Waals surface area contributed by atoms with E-state index in [1.54, 1.807) is 13.4 Å². The molecule has 1 aromatic heterocycles. The van der Waals surface area contributed by atoms with Crippen molar-refractivity contribution < 1.29 is 9.47 Å². The number of methoxy groups -OCH3 is 1. The van der Waals surface area contributed by atoms with Gasteiger partial charge in [0.1, 0.15) is 12.1 Å². The van der Waals surface area contributed by atoms with Crippen molar-refractivity contribution in [3.63, 3.8) is 0 Å². The molecule has 0 bridgehead atoms. The highest BCUT2D eigenvalue weighted by molar-refractivity contribution is 5.93. The van der Waals surface area contributed by atoms with Gasteiger partial charge in [-0.25, -0.2) is 9.97 Å². The molecule has 2 aromatic carbocycles. The number of nitrogens with one attached hydrogen (secondary N) is 1. The normalized spacial score (nSPS) is 12.2. The van der Waals surface area contributed by atoms with E-state index in [0.29, 0.717) is 18.1 Å². The van der Waals surface area contributed by atoms with Crippen molar-refractivity contribution in [2.45, 2.75) is 58.9 Å². The molecule has 190 valence electrons. The number of hydrogen-bond acceptors (Lipinski definition) is 7. The molecule has 0 spiro atoms. The number of ether oxygens (including phenoxy) is 2. The van der Waals surface area contributed by atoms with E-state index in [-0.39, 0.29) is 6.04 Å². The quantitative estimate of drug-likeness (QED) is 0.256. The van der Waals surface area contributed by atoms with Crippen LogP contribution in [0.15, 0.2) is 42.7 Å². The van der Waals surface area contributed by atoms with Crippen molar-refractivity contribution in [2.75, 3.05) is 38.7 Å². The molecule has 0 aliphatic carbocycles. The van der Waals surface area contributed by atoms with Crippen LogP contribution < -0.4 is 20.5 Å². The molecule has 3 rings (SSSR count). The Morgan fingerprint density at radius 2 is 1.63 bits per heavy atom. The minimum absolute atomic E-state index is 0.00136. The van der Waals surface area contributed by atoms with Crippen LogP contribution in [0.2, 0.25) is 0 Å². The standard InChI is InChI=1S/C28H41N5O2/c1-5-7-14-33(15-8-6-2)16-9-17-35-27-18-24-25(19-26(27)34-4)30-20-31-28(24)32-23-12-10-22(11-13-23)21(3)29/h10-13,18-21H,5-9,14-17,29H2,1-4H3,(H,30,31,32)/t21-/m0/s1. The predicted molar refractivity (Wildman–Crippen MR) is 145 cm³/mol. The van der Waals surface area contributed by atoms with Gasteiger partial charge in [-0.05, 0) is 63.0 Å². The lowest BCUT2D eigenvalue weighted by molar-refractivity contribution is 0.225. The van der Waals surface area contributed by atoms with E-state index < -0.39 is 0 Å². The Hall–Kier alpha value is -2.90. The van der Waals surface area contributed by atoms with E-state index in [4.69, 9.17) is 15.2 Å². The molecule has 1 atom stereocenters. The number of fused-ring (bicyclic) bond motifs is 1. The van der Waals surface area contributed by atoms with E-state index in [1.807, 2.05) is 43.3 Å². The summed E-state index contributed by atoms with van der Waals surface area (Å²) in [6.45, 7) is 10.5. The summed E-state index contributed by atoms with van der Waals surface area (Å²) in [5.74, 6) is 2.11. The second-order valence-corrected chi connectivity index (χ2v) is 9.03. The largest absolute Gasteiger partial charge is 0.493 e. The maximum atomic E-state index is 6.19. The molecule has 0 aliphatic rings. The second kappa shape index (κ2) is 13.9. The number of nitrogens with zero attached hydrogens (tertiary/aromatic N) is 3. The van der Waals surface area contributed by atoms with Crippen LogP contribution >= 0.6 is 0 Å². The number of aromatic nitrogens is 2. The summed E-state index contributed by atoms with van der Waals surface area (Å²) >= 11 is 0. The van der Waals surface area contributed by atoms with Crippen molar-refractivity contribution in [1.29, 1.82) is 0 Å². The van der Waals surface area contributed by atoms with Crippen LogP contribution in [0.25, 0.3) is 10.9 Å². The highest BCUT2D eigenvalue weighted by atomic mass is 16.5. The second-order valence-electron chi connectivity index (χ2n) is 9.03. The zero-order valence-corrected chi connectivity index (χ0v) is 21.7. The Morgan fingerprint density at radius 3 is 2.26 bits per heavy atom. The van der Waals surface area contributed by atoms with Crippen LogP contribution in [-0.2, 0) is 0 Å². The average Bonchev–Trinajstić information content (AvgIpc) is 2.87. The number of nitrogens with two attached hydrogens (primary N) is 1. The first-order chi connectivity index (χ1) is 17.0. The zero-order chi connectivity index (χ0) is 25.0. The topological polar surface area (TPSA) is 85.5 Å². The fourth-order valence-corrected chi connectivity index (χ4v) is 4.01. The van der Waals surface area contributed by atoms with Gasteiger partial charge in [-0.2, -0.15) is 0 Å². The molecular weight excluding hydrogens is 438 g/mol. The Bertz CT molecular complexity index is 1030. The van der Waals surface area contributed by atoms with Crippen LogP contribution in [0.1, 0.15) is 64.5 Å². The third kappa shape index (κ3) is 7.80. The molecule has 0 aliphatic heterocycles. The first-order valence-corrected chi connectivity index (χ1v) is 12.9.